The van der Waals surface area contributed by atoms with Gasteiger partial charge in [-0.2, -0.15) is 0 Å². The predicted octanol–water partition coefficient (Wildman–Crippen LogP) is 4.51. The molecule has 0 spiro atoms. The fraction of sp³-hybridized carbons (Fsp3) is 0.455. The third kappa shape index (κ3) is 4.25. The number of ether oxygens (including phenoxy) is 1. The van der Waals surface area contributed by atoms with Gasteiger partial charge in [-0.25, -0.2) is 0 Å². The minimum absolute atomic E-state index is 0. The molecule has 3 rings (SSSR count). The first-order valence-corrected chi connectivity index (χ1v) is 9.50. The van der Waals surface area contributed by atoms with Crippen molar-refractivity contribution < 1.29 is 30.9 Å². The fourth-order valence-electron chi connectivity index (χ4n) is 3.87. The van der Waals surface area contributed by atoms with Crippen LogP contribution in [0.25, 0.3) is 0 Å². The molecule has 1 unspecified atom stereocenters. The number of hydrogen-bond donors (Lipinski definition) is 1. The molecule has 4 nitrogen and oxygen atoms in total. The standard InChI is InChI=1S/C22H31N3O.Zr/c1-15(2)17-9-8-10-18(16(3)4)21(17)25-14-13-24(22(25)23)19-11-6-7-12-20(19)26-5;/h6-12,15-16,22H,13-14,23H2,1-5H3;. The quantitative estimate of drug-likeness (QED) is 0.737. The molecule has 0 aliphatic carbocycles. The van der Waals surface area contributed by atoms with Gasteiger partial charge in [-0.15, -0.1) is 0 Å². The van der Waals surface area contributed by atoms with Gasteiger partial charge in [0.05, 0.1) is 12.8 Å². The van der Waals surface area contributed by atoms with Crippen LogP contribution in [0.2, 0.25) is 0 Å². The largest absolute Gasteiger partial charge is 0.495 e. The van der Waals surface area contributed by atoms with E-state index in [1.165, 1.54) is 16.8 Å². The first kappa shape index (κ1) is 22.0. The zero-order valence-corrected chi connectivity index (χ0v) is 19.5. The number of hydrogen-bond acceptors (Lipinski definition) is 4. The van der Waals surface area contributed by atoms with Gasteiger partial charge >= 0.3 is 0 Å². The summed E-state index contributed by atoms with van der Waals surface area (Å²) in [5.74, 6) is 1.78. The van der Waals surface area contributed by atoms with Crippen LogP contribution in [-0.2, 0) is 26.2 Å². The molecule has 0 saturated carbocycles. The van der Waals surface area contributed by atoms with Crippen LogP contribution in [0.3, 0.4) is 0 Å². The summed E-state index contributed by atoms with van der Waals surface area (Å²) in [6.07, 6.45) is -0.205. The maximum absolute atomic E-state index is 6.75. The van der Waals surface area contributed by atoms with E-state index in [0.717, 1.165) is 24.5 Å². The van der Waals surface area contributed by atoms with Crippen LogP contribution in [0.1, 0.15) is 50.7 Å². The predicted molar refractivity (Wildman–Crippen MR) is 110 cm³/mol. The fourth-order valence-corrected chi connectivity index (χ4v) is 3.87. The molecule has 0 amide bonds. The Morgan fingerprint density at radius 1 is 0.889 bits per heavy atom. The topological polar surface area (TPSA) is 41.7 Å². The van der Waals surface area contributed by atoms with Crippen molar-refractivity contribution in [2.24, 2.45) is 5.73 Å². The van der Waals surface area contributed by atoms with E-state index in [4.69, 9.17) is 10.5 Å². The van der Waals surface area contributed by atoms with Crippen LogP contribution in [-0.4, -0.2) is 26.5 Å². The summed E-state index contributed by atoms with van der Waals surface area (Å²) >= 11 is 0. The Kier molecular flexibility index (Phi) is 7.53. The van der Waals surface area contributed by atoms with E-state index in [1.807, 2.05) is 18.2 Å². The molecule has 1 atom stereocenters. The zero-order valence-electron chi connectivity index (χ0n) is 17.1. The maximum Gasteiger partial charge on any atom is 0.155 e. The molecule has 27 heavy (non-hydrogen) atoms. The SMILES string of the molecule is COc1ccccc1N1CCN(c2c(C(C)C)cccc2C(C)C)C1N.[Zr]. The second kappa shape index (κ2) is 9.25. The van der Waals surface area contributed by atoms with Crippen LogP contribution in [0.15, 0.2) is 42.5 Å². The third-order valence-corrected chi connectivity index (χ3v) is 5.24. The molecule has 144 valence electrons. The van der Waals surface area contributed by atoms with Gasteiger partial charge in [0, 0.05) is 45.0 Å². The van der Waals surface area contributed by atoms with Gasteiger partial charge < -0.3 is 14.5 Å². The Hall–Kier alpha value is -1.32. The van der Waals surface area contributed by atoms with E-state index in [0.29, 0.717) is 11.8 Å². The molecule has 2 aromatic rings. The summed E-state index contributed by atoms with van der Waals surface area (Å²) in [4.78, 5) is 4.59. The first-order valence-electron chi connectivity index (χ1n) is 9.50. The second-order valence-corrected chi connectivity index (χ2v) is 7.57. The molecular weight excluding hydrogens is 413 g/mol. The average molecular weight is 445 g/mol. The van der Waals surface area contributed by atoms with E-state index in [1.54, 1.807) is 7.11 Å². The number of anilines is 2. The van der Waals surface area contributed by atoms with Gasteiger partial charge in [0.25, 0.3) is 0 Å². The van der Waals surface area contributed by atoms with E-state index >= 15 is 0 Å². The van der Waals surface area contributed by atoms with Crippen LogP contribution in [0, 0.1) is 0 Å². The van der Waals surface area contributed by atoms with Gasteiger partial charge in [-0.1, -0.05) is 58.0 Å². The molecule has 5 heteroatoms. The van der Waals surface area contributed by atoms with Gasteiger partial charge in [0.2, 0.25) is 0 Å². The summed E-state index contributed by atoms with van der Waals surface area (Å²) in [5, 5.41) is 0. The molecule has 1 aliphatic heterocycles. The number of nitrogens with zero attached hydrogens (tertiary/aromatic N) is 2. The van der Waals surface area contributed by atoms with Crippen molar-refractivity contribution in [2.45, 2.75) is 45.8 Å². The average Bonchev–Trinajstić information content (AvgIpc) is 3.01. The van der Waals surface area contributed by atoms with E-state index in [-0.39, 0.29) is 32.5 Å². The number of rotatable bonds is 5. The third-order valence-electron chi connectivity index (χ3n) is 5.24. The van der Waals surface area contributed by atoms with Gasteiger partial charge in [0.15, 0.2) is 6.29 Å². The molecule has 0 aromatic heterocycles. The van der Waals surface area contributed by atoms with Crippen LogP contribution >= 0.6 is 0 Å². The second-order valence-electron chi connectivity index (χ2n) is 7.57. The van der Waals surface area contributed by atoms with Crippen molar-refractivity contribution in [3.05, 3.63) is 53.6 Å². The molecule has 2 aromatic carbocycles. The summed E-state index contributed by atoms with van der Waals surface area (Å²) < 4.78 is 5.56. The summed E-state index contributed by atoms with van der Waals surface area (Å²) in [6, 6.07) is 14.8. The molecule has 2 N–H and O–H groups in total. The van der Waals surface area contributed by atoms with Crippen molar-refractivity contribution >= 4 is 11.4 Å². The Morgan fingerprint density at radius 2 is 1.44 bits per heavy atom. The van der Waals surface area contributed by atoms with E-state index in [9.17, 15) is 0 Å². The van der Waals surface area contributed by atoms with Crippen molar-refractivity contribution in [3.63, 3.8) is 0 Å². The molecule has 1 aliphatic rings. The van der Waals surface area contributed by atoms with Gasteiger partial charge in [0.1, 0.15) is 5.75 Å². The molecular formula is C22H31N3OZr. The molecule has 0 radical (unpaired) electrons. The van der Waals surface area contributed by atoms with Crippen molar-refractivity contribution in [2.75, 3.05) is 30.0 Å². The Balaban J connectivity index is 0.00000261. The Bertz CT molecular complexity index is 737. The maximum atomic E-state index is 6.75. The van der Waals surface area contributed by atoms with E-state index < -0.39 is 0 Å². The van der Waals surface area contributed by atoms with Crippen LogP contribution in [0.4, 0.5) is 11.4 Å². The number of methoxy groups -OCH3 is 1. The normalized spacial score (nSPS) is 16.8. The smallest absolute Gasteiger partial charge is 0.155 e. The van der Waals surface area contributed by atoms with Crippen molar-refractivity contribution in [1.82, 2.24) is 0 Å². The van der Waals surface area contributed by atoms with Crippen molar-refractivity contribution in [1.29, 1.82) is 0 Å². The Morgan fingerprint density at radius 3 is 2.00 bits per heavy atom. The number of para-hydroxylation sites is 3. The molecule has 0 bridgehead atoms. The minimum Gasteiger partial charge on any atom is -0.495 e. The van der Waals surface area contributed by atoms with Crippen LogP contribution < -0.4 is 20.3 Å². The minimum atomic E-state index is -0.205. The van der Waals surface area contributed by atoms with Gasteiger partial charge in [-0.05, 0) is 35.1 Å². The molecule has 1 fully saturated rings. The summed E-state index contributed by atoms with van der Waals surface area (Å²) in [5.41, 5.74) is 11.8. The van der Waals surface area contributed by atoms with E-state index in [2.05, 4.69) is 61.8 Å². The Labute approximate surface area is 182 Å². The van der Waals surface area contributed by atoms with Crippen molar-refractivity contribution in [3.8, 4) is 5.75 Å². The number of benzene rings is 2. The molecule has 1 heterocycles. The van der Waals surface area contributed by atoms with Gasteiger partial charge in [-0.3, -0.25) is 5.73 Å². The summed E-state index contributed by atoms with van der Waals surface area (Å²) in [6.45, 7) is 10.8. The monoisotopic (exact) mass is 443 g/mol. The summed E-state index contributed by atoms with van der Waals surface area (Å²) in [7, 11) is 1.71. The zero-order chi connectivity index (χ0) is 18.8. The van der Waals surface area contributed by atoms with Crippen LogP contribution in [0.5, 0.6) is 5.75 Å². The molecule has 1 saturated heterocycles. The number of nitrogens with two attached hydrogens (primary N) is 1. The first-order chi connectivity index (χ1) is 12.5.